The van der Waals surface area contributed by atoms with E-state index in [-0.39, 0.29) is 30.2 Å². The predicted octanol–water partition coefficient (Wildman–Crippen LogP) is 4.48. The van der Waals surface area contributed by atoms with E-state index in [4.69, 9.17) is 32.7 Å². The van der Waals surface area contributed by atoms with Gasteiger partial charge in [-0.25, -0.2) is 4.79 Å². The van der Waals surface area contributed by atoms with Gasteiger partial charge in [0.1, 0.15) is 12.4 Å². The van der Waals surface area contributed by atoms with E-state index in [0.717, 1.165) is 18.4 Å². The molecule has 6 nitrogen and oxygen atoms in total. The Morgan fingerprint density at radius 2 is 1.63 bits per heavy atom. The van der Waals surface area contributed by atoms with Crippen molar-refractivity contribution in [1.29, 1.82) is 0 Å². The summed E-state index contributed by atoms with van der Waals surface area (Å²) >= 11 is 11.8. The molecule has 3 saturated carbocycles. The molecular formula is C22H22Cl2N2O4. The average Bonchev–Trinajstić information content (AvgIpc) is 3.22. The summed E-state index contributed by atoms with van der Waals surface area (Å²) in [5.74, 6) is 0.275. The lowest BCUT2D eigenvalue weighted by molar-refractivity contribution is -0.126. The number of fused-ring (bicyclic) bond motifs is 1. The normalized spacial score (nSPS) is 23.9. The number of halogens is 2. The molecule has 2 aromatic rings. The van der Waals surface area contributed by atoms with Gasteiger partial charge >= 0.3 is 6.09 Å². The van der Waals surface area contributed by atoms with Gasteiger partial charge in [0.25, 0.3) is 5.91 Å². The third-order valence-corrected chi connectivity index (χ3v) is 6.42. The van der Waals surface area contributed by atoms with E-state index in [9.17, 15) is 9.59 Å². The first-order valence-electron chi connectivity index (χ1n) is 9.75. The molecular weight excluding hydrogens is 427 g/mol. The number of hydrogen-bond donors (Lipinski definition) is 2. The number of hydrogen-bond acceptors (Lipinski definition) is 4. The Balaban J connectivity index is 1.21. The quantitative estimate of drug-likeness (QED) is 0.654. The highest BCUT2D eigenvalue weighted by molar-refractivity contribution is 6.42. The maximum atomic E-state index is 12.3. The number of amides is 2. The molecule has 2 bridgehead atoms. The summed E-state index contributed by atoms with van der Waals surface area (Å²) in [7, 11) is 0. The topological polar surface area (TPSA) is 76.7 Å². The second-order valence-corrected chi connectivity index (χ2v) is 8.83. The predicted molar refractivity (Wildman–Crippen MR) is 114 cm³/mol. The van der Waals surface area contributed by atoms with Gasteiger partial charge in [0.15, 0.2) is 6.61 Å². The minimum Gasteiger partial charge on any atom is -0.484 e. The number of rotatable bonds is 7. The minimum absolute atomic E-state index is 0.112. The van der Waals surface area contributed by atoms with Crippen molar-refractivity contribution in [3.63, 3.8) is 0 Å². The molecule has 8 heteroatoms. The van der Waals surface area contributed by atoms with Gasteiger partial charge < -0.3 is 20.1 Å². The summed E-state index contributed by atoms with van der Waals surface area (Å²) < 4.78 is 10.8. The van der Waals surface area contributed by atoms with Crippen molar-refractivity contribution in [2.45, 2.75) is 43.4 Å². The van der Waals surface area contributed by atoms with Gasteiger partial charge in [0, 0.05) is 17.1 Å². The van der Waals surface area contributed by atoms with Gasteiger partial charge in [0.05, 0.1) is 10.0 Å². The Labute approximate surface area is 184 Å². The lowest BCUT2D eigenvalue weighted by Crippen LogP contribution is -2.64. The summed E-state index contributed by atoms with van der Waals surface area (Å²) in [6.45, 7) is 0.121. The fraction of sp³-hybridized carbons (Fsp3) is 0.364. The van der Waals surface area contributed by atoms with Crippen LogP contribution in [0.5, 0.6) is 5.75 Å². The zero-order valence-corrected chi connectivity index (χ0v) is 17.8. The van der Waals surface area contributed by atoms with Gasteiger partial charge in [0.2, 0.25) is 0 Å². The lowest BCUT2D eigenvalue weighted by Gasteiger charge is -2.47. The molecule has 5 rings (SSSR count). The van der Waals surface area contributed by atoms with Crippen molar-refractivity contribution in [1.82, 2.24) is 10.6 Å². The Morgan fingerprint density at radius 3 is 2.33 bits per heavy atom. The first kappa shape index (κ1) is 20.8. The standard InChI is InChI=1S/C22H22Cl2N2O4/c23-17-7-6-16(10-18(17)24)29-12-19(27)25-21-8-9-22(13-21,14-21)26-20(28)30-11-15-4-2-1-3-5-15/h1-7,10H,8-9,11-14H2,(H,25,27)(H,26,28). The Bertz CT molecular complexity index is 945. The fourth-order valence-electron chi connectivity index (χ4n) is 4.40. The number of carbonyl (C=O) groups is 2. The zero-order valence-electron chi connectivity index (χ0n) is 16.3. The van der Waals surface area contributed by atoms with E-state index in [1.54, 1.807) is 18.2 Å². The average molecular weight is 449 g/mol. The van der Waals surface area contributed by atoms with Crippen molar-refractivity contribution >= 4 is 35.2 Å². The van der Waals surface area contributed by atoms with Gasteiger partial charge in [-0.3, -0.25) is 4.79 Å². The molecule has 0 spiro atoms. The van der Waals surface area contributed by atoms with Crippen molar-refractivity contribution in [3.05, 3.63) is 64.1 Å². The molecule has 158 valence electrons. The van der Waals surface area contributed by atoms with Crippen LogP contribution in [0.3, 0.4) is 0 Å². The molecule has 3 fully saturated rings. The van der Waals surface area contributed by atoms with Crippen LogP contribution in [-0.4, -0.2) is 29.7 Å². The van der Waals surface area contributed by atoms with Crippen LogP contribution in [0, 0.1) is 0 Å². The molecule has 2 amide bonds. The van der Waals surface area contributed by atoms with Gasteiger partial charge in [-0.05, 0) is 43.4 Å². The van der Waals surface area contributed by atoms with Gasteiger partial charge in [-0.15, -0.1) is 0 Å². The van der Waals surface area contributed by atoms with E-state index in [0.29, 0.717) is 28.6 Å². The van der Waals surface area contributed by atoms with E-state index >= 15 is 0 Å². The maximum Gasteiger partial charge on any atom is 0.407 e. The summed E-state index contributed by atoms with van der Waals surface area (Å²) in [6.07, 6.45) is 2.58. The molecule has 2 N–H and O–H groups in total. The number of carbonyl (C=O) groups excluding carboxylic acids is 2. The monoisotopic (exact) mass is 448 g/mol. The highest BCUT2D eigenvalue weighted by atomic mass is 35.5. The zero-order chi connectivity index (χ0) is 21.2. The van der Waals surface area contributed by atoms with Gasteiger partial charge in [-0.1, -0.05) is 53.5 Å². The molecule has 0 aromatic heterocycles. The molecule has 0 heterocycles. The first-order valence-corrected chi connectivity index (χ1v) is 10.5. The number of alkyl carbamates (subject to hydrolysis) is 1. The van der Waals surface area contributed by atoms with Crippen LogP contribution in [0.1, 0.15) is 31.2 Å². The summed E-state index contributed by atoms with van der Waals surface area (Å²) in [4.78, 5) is 24.5. The Kier molecular flexibility index (Phi) is 5.80. The second kappa shape index (κ2) is 8.36. The molecule has 30 heavy (non-hydrogen) atoms. The van der Waals surface area contributed by atoms with Crippen LogP contribution < -0.4 is 15.4 Å². The molecule has 0 atom stereocenters. The number of benzene rings is 2. The molecule has 3 aliphatic carbocycles. The lowest BCUT2D eigenvalue weighted by atomic mass is 9.71. The van der Waals surface area contributed by atoms with Crippen molar-refractivity contribution < 1.29 is 19.1 Å². The van der Waals surface area contributed by atoms with Crippen LogP contribution in [-0.2, 0) is 16.1 Å². The molecule has 0 aliphatic heterocycles. The SMILES string of the molecule is O=C(COc1ccc(Cl)c(Cl)c1)NC12CCC(NC(=O)OCc3ccccc3)(C1)C2. The van der Waals surface area contributed by atoms with Crippen molar-refractivity contribution in [2.24, 2.45) is 0 Å². The number of ether oxygens (including phenoxy) is 2. The van der Waals surface area contributed by atoms with E-state index in [1.807, 2.05) is 30.3 Å². The van der Waals surface area contributed by atoms with Crippen LogP contribution in [0.25, 0.3) is 0 Å². The summed E-state index contributed by atoms with van der Waals surface area (Å²) in [6, 6.07) is 14.4. The van der Waals surface area contributed by atoms with E-state index < -0.39 is 6.09 Å². The summed E-state index contributed by atoms with van der Waals surface area (Å²) in [5.41, 5.74) is 0.352. The smallest absolute Gasteiger partial charge is 0.407 e. The Hall–Kier alpha value is -2.44. The van der Waals surface area contributed by atoms with Gasteiger partial charge in [-0.2, -0.15) is 0 Å². The van der Waals surface area contributed by atoms with Crippen LogP contribution in [0.4, 0.5) is 4.79 Å². The second-order valence-electron chi connectivity index (χ2n) is 8.01. The van der Waals surface area contributed by atoms with Crippen LogP contribution >= 0.6 is 23.2 Å². The van der Waals surface area contributed by atoms with Crippen molar-refractivity contribution in [3.8, 4) is 5.75 Å². The third kappa shape index (κ3) is 4.65. The third-order valence-electron chi connectivity index (χ3n) is 5.68. The molecule has 0 radical (unpaired) electrons. The molecule has 0 unspecified atom stereocenters. The van der Waals surface area contributed by atoms with E-state index in [1.165, 1.54) is 0 Å². The van der Waals surface area contributed by atoms with Crippen LogP contribution in [0.2, 0.25) is 10.0 Å². The maximum absolute atomic E-state index is 12.3. The highest BCUT2D eigenvalue weighted by Gasteiger charge is 2.62. The van der Waals surface area contributed by atoms with Crippen LogP contribution in [0.15, 0.2) is 48.5 Å². The van der Waals surface area contributed by atoms with E-state index in [2.05, 4.69) is 10.6 Å². The molecule has 0 saturated heterocycles. The molecule has 3 aliphatic rings. The first-order chi connectivity index (χ1) is 14.4. The highest BCUT2D eigenvalue weighted by Crippen LogP contribution is 2.55. The largest absolute Gasteiger partial charge is 0.484 e. The summed E-state index contributed by atoms with van der Waals surface area (Å²) in [5, 5.41) is 6.85. The molecule has 2 aromatic carbocycles. The Morgan fingerprint density at radius 1 is 0.933 bits per heavy atom. The number of nitrogens with one attached hydrogen (secondary N) is 2. The fourth-order valence-corrected chi connectivity index (χ4v) is 4.69. The minimum atomic E-state index is -0.427. The van der Waals surface area contributed by atoms with Crippen molar-refractivity contribution in [2.75, 3.05) is 6.61 Å².